The van der Waals surface area contributed by atoms with Crippen LogP contribution in [0, 0.1) is 5.82 Å². The zero-order chi connectivity index (χ0) is 15.4. The Morgan fingerprint density at radius 1 is 1.36 bits per heavy atom. The SMILES string of the molecule is O=C(NCc1cccnc1)NC1CCCc2cc(F)ccc21. The van der Waals surface area contributed by atoms with Gasteiger partial charge in [0.1, 0.15) is 5.82 Å². The lowest BCUT2D eigenvalue weighted by Crippen LogP contribution is -2.38. The molecule has 1 aromatic heterocycles. The number of nitrogens with one attached hydrogen (secondary N) is 2. The van der Waals surface area contributed by atoms with E-state index in [2.05, 4.69) is 15.6 Å². The first-order valence-electron chi connectivity index (χ1n) is 7.44. The monoisotopic (exact) mass is 299 g/mol. The minimum Gasteiger partial charge on any atom is -0.334 e. The van der Waals surface area contributed by atoms with Crippen molar-refractivity contribution in [1.82, 2.24) is 15.6 Å². The summed E-state index contributed by atoms with van der Waals surface area (Å²) in [4.78, 5) is 16.1. The largest absolute Gasteiger partial charge is 0.334 e. The van der Waals surface area contributed by atoms with E-state index in [1.54, 1.807) is 24.5 Å². The number of fused-ring (bicyclic) bond motifs is 1. The van der Waals surface area contributed by atoms with Gasteiger partial charge in [0.2, 0.25) is 0 Å². The van der Waals surface area contributed by atoms with Crippen molar-refractivity contribution in [3.8, 4) is 0 Å². The Hall–Kier alpha value is -2.43. The molecule has 0 saturated heterocycles. The van der Waals surface area contributed by atoms with Crippen LogP contribution in [0.2, 0.25) is 0 Å². The minimum atomic E-state index is -0.222. The number of carbonyl (C=O) groups excluding carboxylic acids is 1. The van der Waals surface area contributed by atoms with E-state index in [1.807, 2.05) is 12.1 Å². The second kappa shape index (κ2) is 6.56. The van der Waals surface area contributed by atoms with E-state index in [4.69, 9.17) is 0 Å². The van der Waals surface area contributed by atoms with Crippen LogP contribution < -0.4 is 10.6 Å². The van der Waals surface area contributed by atoms with Crippen molar-refractivity contribution in [2.24, 2.45) is 0 Å². The Balaban J connectivity index is 1.61. The molecule has 0 fully saturated rings. The quantitative estimate of drug-likeness (QED) is 0.915. The average molecular weight is 299 g/mol. The number of hydrogen-bond donors (Lipinski definition) is 2. The van der Waals surface area contributed by atoms with Gasteiger partial charge in [-0.05, 0) is 54.2 Å². The van der Waals surface area contributed by atoms with Gasteiger partial charge in [-0.3, -0.25) is 4.98 Å². The van der Waals surface area contributed by atoms with Crippen LogP contribution in [-0.4, -0.2) is 11.0 Å². The number of nitrogens with zero attached hydrogens (tertiary/aromatic N) is 1. The molecule has 2 aromatic rings. The highest BCUT2D eigenvalue weighted by molar-refractivity contribution is 5.74. The second-order valence-corrected chi connectivity index (χ2v) is 5.48. The number of hydrogen-bond acceptors (Lipinski definition) is 2. The normalized spacial score (nSPS) is 16.7. The maximum Gasteiger partial charge on any atom is 0.315 e. The van der Waals surface area contributed by atoms with Gasteiger partial charge >= 0.3 is 6.03 Å². The van der Waals surface area contributed by atoms with Crippen LogP contribution in [0.25, 0.3) is 0 Å². The number of urea groups is 1. The van der Waals surface area contributed by atoms with Gasteiger partial charge in [0, 0.05) is 18.9 Å². The highest BCUT2D eigenvalue weighted by Crippen LogP contribution is 2.30. The van der Waals surface area contributed by atoms with Crippen LogP contribution >= 0.6 is 0 Å². The summed E-state index contributed by atoms with van der Waals surface area (Å²) in [5.41, 5.74) is 2.96. The van der Waals surface area contributed by atoms with E-state index in [0.717, 1.165) is 36.0 Å². The summed E-state index contributed by atoms with van der Waals surface area (Å²) in [6, 6.07) is 8.26. The van der Waals surface area contributed by atoms with Crippen molar-refractivity contribution in [1.29, 1.82) is 0 Å². The van der Waals surface area contributed by atoms with Gasteiger partial charge in [-0.15, -0.1) is 0 Å². The number of pyridine rings is 1. The van der Waals surface area contributed by atoms with Crippen LogP contribution in [-0.2, 0) is 13.0 Å². The lowest BCUT2D eigenvalue weighted by atomic mass is 9.88. The summed E-state index contributed by atoms with van der Waals surface area (Å²) in [7, 11) is 0. The maximum atomic E-state index is 13.3. The van der Waals surface area contributed by atoms with Crippen molar-refractivity contribution in [2.45, 2.75) is 31.8 Å². The number of rotatable bonds is 3. The Labute approximate surface area is 128 Å². The molecular formula is C17H18FN3O. The van der Waals surface area contributed by atoms with E-state index in [-0.39, 0.29) is 17.9 Å². The van der Waals surface area contributed by atoms with Gasteiger partial charge in [0.05, 0.1) is 6.04 Å². The lowest BCUT2D eigenvalue weighted by molar-refractivity contribution is 0.235. The fourth-order valence-electron chi connectivity index (χ4n) is 2.83. The molecule has 3 rings (SSSR count). The molecule has 2 amide bonds. The van der Waals surface area contributed by atoms with Crippen molar-refractivity contribution in [3.63, 3.8) is 0 Å². The van der Waals surface area contributed by atoms with Crippen LogP contribution in [0.4, 0.5) is 9.18 Å². The van der Waals surface area contributed by atoms with Gasteiger partial charge in [0.25, 0.3) is 0 Å². The summed E-state index contributed by atoms with van der Waals surface area (Å²) in [6.45, 7) is 0.433. The molecule has 4 nitrogen and oxygen atoms in total. The number of amides is 2. The van der Waals surface area contributed by atoms with Crippen molar-refractivity contribution < 1.29 is 9.18 Å². The van der Waals surface area contributed by atoms with Crippen molar-refractivity contribution in [3.05, 3.63) is 65.2 Å². The van der Waals surface area contributed by atoms with Crippen LogP contribution in [0.3, 0.4) is 0 Å². The molecule has 0 bridgehead atoms. The molecule has 0 saturated carbocycles. The van der Waals surface area contributed by atoms with E-state index in [0.29, 0.717) is 6.54 Å². The van der Waals surface area contributed by atoms with E-state index >= 15 is 0 Å². The van der Waals surface area contributed by atoms with Gasteiger partial charge in [-0.1, -0.05) is 12.1 Å². The summed E-state index contributed by atoms with van der Waals surface area (Å²) in [6.07, 6.45) is 6.10. The molecule has 1 heterocycles. The van der Waals surface area contributed by atoms with Crippen LogP contribution in [0.1, 0.15) is 35.6 Å². The van der Waals surface area contributed by atoms with Gasteiger partial charge in [-0.25, -0.2) is 9.18 Å². The molecule has 114 valence electrons. The number of aryl methyl sites for hydroxylation is 1. The predicted octanol–water partition coefficient (Wildman–Crippen LogP) is 3.10. The Bertz CT molecular complexity index is 660. The highest BCUT2D eigenvalue weighted by Gasteiger charge is 2.21. The van der Waals surface area contributed by atoms with Crippen LogP contribution in [0.15, 0.2) is 42.7 Å². The topological polar surface area (TPSA) is 54.0 Å². The minimum absolute atomic E-state index is 0.0572. The molecule has 0 radical (unpaired) electrons. The number of halogens is 1. The van der Waals surface area contributed by atoms with Gasteiger partial charge in [0.15, 0.2) is 0 Å². The second-order valence-electron chi connectivity index (χ2n) is 5.48. The van der Waals surface area contributed by atoms with Gasteiger partial charge in [-0.2, -0.15) is 0 Å². The fourth-order valence-corrected chi connectivity index (χ4v) is 2.83. The molecule has 1 aromatic carbocycles. The third kappa shape index (κ3) is 3.42. The Kier molecular flexibility index (Phi) is 4.32. The summed E-state index contributed by atoms with van der Waals surface area (Å²) >= 11 is 0. The van der Waals surface area contributed by atoms with Crippen molar-refractivity contribution in [2.75, 3.05) is 0 Å². The molecule has 1 atom stereocenters. The lowest BCUT2D eigenvalue weighted by Gasteiger charge is -2.26. The number of carbonyl (C=O) groups is 1. The van der Waals surface area contributed by atoms with Crippen LogP contribution in [0.5, 0.6) is 0 Å². The standard InChI is InChI=1S/C17H18FN3O/c18-14-6-7-15-13(9-14)4-1-5-16(15)21-17(22)20-11-12-3-2-8-19-10-12/h2-3,6-10,16H,1,4-5,11H2,(H2,20,21,22). The molecule has 0 spiro atoms. The maximum absolute atomic E-state index is 13.3. The number of benzene rings is 1. The first-order chi connectivity index (χ1) is 10.7. The van der Waals surface area contributed by atoms with E-state index < -0.39 is 0 Å². The zero-order valence-electron chi connectivity index (χ0n) is 12.2. The average Bonchev–Trinajstić information content (AvgIpc) is 2.54. The first kappa shape index (κ1) is 14.5. The smallest absolute Gasteiger partial charge is 0.315 e. The van der Waals surface area contributed by atoms with Gasteiger partial charge < -0.3 is 10.6 Å². The summed E-state index contributed by atoms with van der Waals surface area (Å²) in [5, 5.41) is 5.80. The highest BCUT2D eigenvalue weighted by atomic mass is 19.1. The molecule has 5 heteroatoms. The van der Waals surface area contributed by atoms with E-state index in [9.17, 15) is 9.18 Å². The molecule has 1 aliphatic carbocycles. The Morgan fingerprint density at radius 3 is 3.09 bits per heavy atom. The third-order valence-corrected chi connectivity index (χ3v) is 3.90. The molecule has 2 N–H and O–H groups in total. The number of aromatic nitrogens is 1. The first-order valence-corrected chi connectivity index (χ1v) is 7.44. The summed E-state index contributed by atoms with van der Waals surface area (Å²) < 4.78 is 13.3. The summed E-state index contributed by atoms with van der Waals surface area (Å²) in [5.74, 6) is -0.222. The molecule has 1 aliphatic rings. The van der Waals surface area contributed by atoms with E-state index in [1.165, 1.54) is 6.07 Å². The molecule has 1 unspecified atom stereocenters. The third-order valence-electron chi connectivity index (χ3n) is 3.90. The Morgan fingerprint density at radius 2 is 2.27 bits per heavy atom. The molecule has 22 heavy (non-hydrogen) atoms. The molecule has 0 aliphatic heterocycles. The fraction of sp³-hybridized carbons (Fsp3) is 0.294. The van der Waals surface area contributed by atoms with Crippen molar-refractivity contribution >= 4 is 6.03 Å². The zero-order valence-corrected chi connectivity index (χ0v) is 12.2. The molecular weight excluding hydrogens is 281 g/mol. The predicted molar refractivity (Wildman–Crippen MR) is 81.7 cm³/mol.